The van der Waals surface area contributed by atoms with Crippen LogP contribution in [0.4, 0.5) is 10.9 Å². The molecule has 0 bridgehead atoms. The molecule has 2 aromatic heterocycles. The van der Waals surface area contributed by atoms with Crippen LogP contribution in [0.5, 0.6) is 0 Å². The quantitative estimate of drug-likeness (QED) is 0.322. The first kappa shape index (κ1) is 27.4. The molecule has 1 unspecified atom stereocenters. The number of rotatable bonds is 6. The summed E-state index contributed by atoms with van der Waals surface area (Å²) in [5.74, 6) is -0.517. The summed E-state index contributed by atoms with van der Waals surface area (Å²) in [5, 5.41) is 22.8. The van der Waals surface area contributed by atoms with Crippen molar-refractivity contribution < 1.29 is 9.59 Å². The first-order valence-electron chi connectivity index (χ1n) is 11.6. The van der Waals surface area contributed by atoms with E-state index in [1.165, 1.54) is 29.3 Å². The number of thioether (sulfide) groups is 1. The average Bonchev–Trinajstić information content (AvgIpc) is 3.38. The van der Waals surface area contributed by atoms with Crippen LogP contribution in [0.2, 0.25) is 15.1 Å². The van der Waals surface area contributed by atoms with Crippen LogP contribution in [0.1, 0.15) is 30.7 Å². The number of allylic oxidation sites excluding steroid dienone is 3. The molecule has 1 amide bonds. The van der Waals surface area contributed by atoms with E-state index in [4.69, 9.17) is 40.5 Å². The zero-order valence-electron chi connectivity index (χ0n) is 20.0. The van der Waals surface area contributed by atoms with Gasteiger partial charge < -0.3 is 11.1 Å². The molecule has 1 atom stereocenters. The van der Waals surface area contributed by atoms with Crippen LogP contribution >= 0.6 is 57.9 Å². The van der Waals surface area contributed by atoms with Crippen LogP contribution in [-0.4, -0.2) is 32.6 Å². The molecule has 0 spiro atoms. The third kappa shape index (κ3) is 5.48. The van der Waals surface area contributed by atoms with Crippen molar-refractivity contribution >= 4 is 80.5 Å². The van der Waals surface area contributed by atoms with Crippen molar-refractivity contribution in [3.8, 4) is 6.07 Å². The number of carbonyl (C=O) groups is 2. The maximum atomic E-state index is 13.3. The fourth-order valence-corrected chi connectivity index (χ4v) is 6.68. The van der Waals surface area contributed by atoms with Gasteiger partial charge in [0.25, 0.3) is 0 Å². The smallest absolute Gasteiger partial charge is 0.235 e. The molecular formula is C25H18Cl3N7O2S2. The second-order valence-electron chi connectivity index (χ2n) is 8.51. The fourth-order valence-electron chi connectivity index (χ4n) is 4.47. The van der Waals surface area contributed by atoms with Gasteiger partial charge in [-0.15, -0.1) is 10.2 Å². The number of anilines is 2. The molecule has 39 heavy (non-hydrogen) atoms. The molecule has 2 aliphatic rings. The highest BCUT2D eigenvalue weighted by Crippen LogP contribution is 2.49. The summed E-state index contributed by atoms with van der Waals surface area (Å²) in [6, 6.07) is 10.5. The number of hydrogen-bond donors (Lipinski definition) is 2. The van der Waals surface area contributed by atoms with Crippen LogP contribution in [0.15, 0.2) is 63.5 Å². The van der Waals surface area contributed by atoms with Gasteiger partial charge in [-0.1, -0.05) is 70.0 Å². The number of ketones is 1. The summed E-state index contributed by atoms with van der Waals surface area (Å²) in [6.07, 6.45) is 2.96. The van der Waals surface area contributed by atoms with Crippen molar-refractivity contribution in [3.63, 3.8) is 0 Å². The molecule has 198 valence electrons. The molecule has 1 aromatic carbocycles. The summed E-state index contributed by atoms with van der Waals surface area (Å²) in [4.78, 5) is 31.3. The van der Waals surface area contributed by atoms with Crippen LogP contribution in [-0.2, 0) is 9.59 Å². The predicted molar refractivity (Wildman–Crippen MR) is 153 cm³/mol. The fraction of sp³-hybridized carbons (Fsp3) is 0.200. The van der Waals surface area contributed by atoms with E-state index >= 15 is 0 Å². The van der Waals surface area contributed by atoms with Crippen molar-refractivity contribution in [2.45, 2.75) is 29.5 Å². The Morgan fingerprint density at radius 1 is 1.23 bits per heavy atom. The van der Waals surface area contributed by atoms with Crippen molar-refractivity contribution in [1.82, 2.24) is 15.2 Å². The van der Waals surface area contributed by atoms with Gasteiger partial charge in [0.15, 0.2) is 10.1 Å². The van der Waals surface area contributed by atoms with E-state index < -0.39 is 5.92 Å². The average molecular weight is 619 g/mol. The minimum Gasteiger partial charge on any atom is -0.384 e. The molecule has 9 nitrogen and oxygen atoms in total. The molecule has 1 aliphatic heterocycles. The van der Waals surface area contributed by atoms with E-state index in [-0.39, 0.29) is 33.9 Å². The minimum absolute atomic E-state index is 0.0650. The highest BCUT2D eigenvalue weighted by atomic mass is 35.5. The molecule has 3 heterocycles. The zero-order chi connectivity index (χ0) is 27.7. The van der Waals surface area contributed by atoms with E-state index in [9.17, 15) is 14.9 Å². The van der Waals surface area contributed by atoms with Gasteiger partial charge in [-0.2, -0.15) is 5.26 Å². The topological polar surface area (TPSA) is 138 Å². The second kappa shape index (κ2) is 11.5. The standard InChI is InChI=1S/C25H18Cl3N7O2S2/c26-12-7-8-18(31-10-12)32-19(37)11-38-25-34-33-24(39-25)35-16-5-2-6-17(36)21(16)20(14(9-29)23(35)30)13-3-1-4-15(27)22(13)28/h1,3-4,7-8,10,20H,2,5-6,11,30H2,(H,31,32,37). The number of nitriles is 1. The number of nitrogens with one attached hydrogen (secondary N) is 1. The number of halogens is 3. The van der Waals surface area contributed by atoms with E-state index in [0.29, 0.717) is 61.4 Å². The summed E-state index contributed by atoms with van der Waals surface area (Å²) in [6.45, 7) is 0. The number of aromatic nitrogens is 3. The van der Waals surface area contributed by atoms with Crippen LogP contribution < -0.4 is 16.0 Å². The van der Waals surface area contributed by atoms with Gasteiger partial charge in [-0.05, 0) is 36.6 Å². The molecule has 0 saturated heterocycles. The minimum atomic E-state index is -0.743. The van der Waals surface area contributed by atoms with Gasteiger partial charge in [-0.25, -0.2) is 4.98 Å². The van der Waals surface area contributed by atoms with Gasteiger partial charge in [0.1, 0.15) is 11.6 Å². The summed E-state index contributed by atoms with van der Waals surface area (Å²) in [5.41, 5.74) is 8.40. The Labute approximate surface area is 246 Å². The summed E-state index contributed by atoms with van der Waals surface area (Å²) >= 11 is 21.0. The Morgan fingerprint density at radius 3 is 2.79 bits per heavy atom. The molecule has 5 rings (SSSR count). The first-order chi connectivity index (χ1) is 18.8. The van der Waals surface area contributed by atoms with Crippen LogP contribution in [0, 0.1) is 11.3 Å². The Morgan fingerprint density at radius 2 is 2.05 bits per heavy atom. The van der Waals surface area contributed by atoms with Gasteiger partial charge in [0, 0.05) is 23.9 Å². The van der Waals surface area contributed by atoms with E-state index in [0.717, 1.165) is 0 Å². The van der Waals surface area contributed by atoms with Gasteiger partial charge in [-0.3, -0.25) is 14.5 Å². The molecule has 3 aromatic rings. The maximum Gasteiger partial charge on any atom is 0.235 e. The Balaban J connectivity index is 1.44. The number of hydrogen-bond acceptors (Lipinski definition) is 10. The van der Waals surface area contributed by atoms with E-state index in [2.05, 4.69) is 26.6 Å². The normalized spacial score (nSPS) is 17.2. The highest BCUT2D eigenvalue weighted by molar-refractivity contribution is 8.01. The number of pyridine rings is 1. The first-order valence-corrected chi connectivity index (χ1v) is 14.5. The van der Waals surface area contributed by atoms with Crippen molar-refractivity contribution in [1.29, 1.82) is 5.26 Å². The zero-order valence-corrected chi connectivity index (χ0v) is 23.9. The van der Waals surface area contributed by atoms with Gasteiger partial charge in [0.2, 0.25) is 11.0 Å². The third-order valence-electron chi connectivity index (χ3n) is 6.11. The lowest BCUT2D eigenvalue weighted by molar-refractivity contribution is -0.116. The number of Topliss-reactive ketones (excluding diaryl/α,β-unsaturated/α-hetero) is 1. The van der Waals surface area contributed by atoms with E-state index in [1.54, 1.807) is 35.2 Å². The van der Waals surface area contributed by atoms with Crippen LogP contribution in [0.25, 0.3) is 0 Å². The lowest BCUT2D eigenvalue weighted by Gasteiger charge is -2.38. The third-order valence-corrected chi connectivity index (χ3v) is 9.21. The monoisotopic (exact) mass is 617 g/mol. The Kier molecular flexibility index (Phi) is 8.11. The summed E-state index contributed by atoms with van der Waals surface area (Å²) in [7, 11) is 0. The number of carbonyl (C=O) groups excluding carboxylic acids is 2. The maximum absolute atomic E-state index is 13.3. The number of amides is 1. The molecule has 0 fully saturated rings. The largest absolute Gasteiger partial charge is 0.384 e. The molecular weight excluding hydrogens is 601 g/mol. The molecule has 3 N–H and O–H groups in total. The van der Waals surface area contributed by atoms with Gasteiger partial charge >= 0.3 is 0 Å². The Hall–Kier alpha value is -3.14. The summed E-state index contributed by atoms with van der Waals surface area (Å²) < 4.78 is 0.514. The SMILES string of the molecule is N#CC1=C(N)N(c2nnc(SCC(=O)Nc3ccc(Cl)cn3)s2)C2=C(C(=O)CCC2)C1c1cccc(Cl)c1Cl. The molecule has 14 heteroatoms. The lowest BCUT2D eigenvalue weighted by atomic mass is 9.76. The van der Waals surface area contributed by atoms with Crippen molar-refractivity contribution in [3.05, 3.63) is 79.8 Å². The van der Waals surface area contributed by atoms with Crippen LogP contribution in [0.3, 0.4) is 0 Å². The molecule has 0 saturated carbocycles. The number of nitrogens with two attached hydrogens (primary N) is 1. The predicted octanol–water partition coefficient (Wildman–Crippen LogP) is 5.93. The second-order valence-corrected chi connectivity index (χ2v) is 11.9. The van der Waals surface area contributed by atoms with Crippen molar-refractivity contribution in [2.75, 3.05) is 16.0 Å². The Bertz CT molecular complexity index is 1580. The number of nitrogens with zero attached hydrogens (tertiary/aromatic N) is 5. The number of benzene rings is 1. The van der Waals surface area contributed by atoms with Gasteiger partial charge in [0.05, 0.1) is 38.4 Å². The van der Waals surface area contributed by atoms with E-state index in [1.807, 2.05) is 0 Å². The lowest BCUT2D eigenvalue weighted by Crippen LogP contribution is -2.38. The molecule has 0 radical (unpaired) electrons. The highest BCUT2D eigenvalue weighted by Gasteiger charge is 2.42. The molecule has 1 aliphatic carbocycles. The van der Waals surface area contributed by atoms with Crippen molar-refractivity contribution in [2.24, 2.45) is 5.73 Å².